The van der Waals surface area contributed by atoms with E-state index in [4.69, 9.17) is 14.2 Å². The van der Waals surface area contributed by atoms with Gasteiger partial charge in [0.15, 0.2) is 9.84 Å². The van der Waals surface area contributed by atoms with E-state index >= 15 is 0 Å². The number of anilines is 1. The number of rotatable bonds is 7. The van der Waals surface area contributed by atoms with Crippen molar-refractivity contribution in [1.29, 1.82) is 0 Å². The number of sulfone groups is 1. The summed E-state index contributed by atoms with van der Waals surface area (Å²) < 4.78 is 45.2. The van der Waals surface area contributed by atoms with Gasteiger partial charge in [0.25, 0.3) is 0 Å². The van der Waals surface area contributed by atoms with Gasteiger partial charge >= 0.3 is 5.97 Å². The average molecular weight is 631 g/mol. The van der Waals surface area contributed by atoms with Crippen LogP contribution in [0.3, 0.4) is 0 Å². The Kier molecular flexibility index (Phi) is 7.95. The topological polar surface area (TPSA) is 107 Å². The predicted molar refractivity (Wildman–Crippen MR) is 173 cm³/mol. The van der Waals surface area contributed by atoms with Crippen molar-refractivity contribution >= 4 is 32.4 Å². The van der Waals surface area contributed by atoms with Gasteiger partial charge in [-0.15, -0.1) is 0 Å². The van der Waals surface area contributed by atoms with E-state index in [0.29, 0.717) is 38.0 Å². The van der Waals surface area contributed by atoms with Crippen LogP contribution in [0.4, 0.5) is 5.69 Å². The summed E-state index contributed by atoms with van der Waals surface area (Å²) in [6.07, 6.45) is 7.06. The molecule has 3 aliphatic rings. The lowest BCUT2D eigenvalue weighted by molar-refractivity contribution is 0.0697. The molecule has 0 atom stereocenters. The second-order valence-electron chi connectivity index (χ2n) is 12.2. The highest BCUT2D eigenvalue weighted by Gasteiger charge is 2.30. The van der Waals surface area contributed by atoms with E-state index in [1.807, 2.05) is 30.3 Å². The highest BCUT2D eigenvalue weighted by molar-refractivity contribution is 7.90. The number of nitrogens with zero attached hydrogens (tertiary/aromatic N) is 2. The fraction of sp³-hybridized carbons (Fsp3) is 0.400. The second kappa shape index (κ2) is 12.1. The van der Waals surface area contributed by atoms with Gasteiger partial charge < -0.3 is 28.8 Å². The summed E-state index contributed by atoms with van der Waals surface area (Å²) in [4.78, 5) is 14.3. The van der Waals surface area contributed by atoms with Crippen LogP contribution in [0, 0.1) is 0 Å². The fourth-order valence-electron chi connectivity index (χ4n) is 7.17. The number of aromatic nitrogens is 1. The standard InChI is InChI=1S/C35H38N2O7S/c1-45(40,41)27-9-12-30(36-13-16-42-17-14-36)25(19-27)22-44-26-8-11-29-32(21-26)43-18-15-37-31-20-24(35(38)39)7-10-28(31)33(34(29)37)23-5-3-2-4-6-23/h7-12,19-21,23H,2-6,13-18,22H2,1H3,(H,38,39). The molecule has 2 aliphatic heterocycles. The minimum absolute atomic E-state index is 0.195. The SMILES string of the molecule is CS(=O)(=O)c1ccc(N2CCOCC2)c(COc2ccc3c(c2)OCCn2c-3c(C3CCCCC3)c3ccc(C(=O)O)cc32)c1. The maximum Gasteiger partial charge on any atom is 0.335 e. The molecule has 1 aromatic heterocycles. The number of benzene rings is 3. The molecule has 1 aliphatic carbocycles. The number of carboxylic acids is 1. The van der Waals surface area contributed by atoms with Crippen LogP contribution in [-0.2, 0) is 27.7 Å². The van der Waals surface area contributed by atoms with Crippen LogP contribution in [0.5, 0.6) is 11.5 Å². The van der Waals surface area contributed by atoms with Crippen molar-refractivity contribution in [1.82, 2.24) is 4.57 Å². The van der Waals surface area contributed by atoms with Crippen molar-refractivity contribution in [2.45, 2.75) is 56.1 Å². The molecule has 0 spiro atoms. The zero-order valence-corrected chi connectivity index (χ0v) is 26.3. The molecule has 0 amide bonds. The van der Waals surface area contributed by atoms with Gasteiger partial charge in [0, 0.05) is 53.1 Å². The Morgan fingerprint density at radius 2 is 1.76 bits per heavy atom. The van der Waals surface area contributed by atoms with Crippen LogP contribution in [0.25, 0.3) is 22.2 Å². The smallest absolute Gasteiger partial charge is 0.335 e. The third-order valence-corrected chi connectivity index (χ3v) is 10.5. The van der Waals surface area contributed by atoms with Gasteiger partial charge in [-0.25, -0.2) is 13.2 Å². The molecule has 45 heavy (non-hydrogen) atoms. The van der Waals surface area contributed by atoms with Crippen molar-refractivity contribution in [3.63, 3.8) is 0 Å². The molecular weight excluding hydrogens is 592 g/mol. The second-order valence-corrected chi connectivity index (χ2v) is 14.3. The van der Waals surface area contributed by atoms with Crippen LogP contribution >= 0.6 is 0 Å². The normalized spacial score (nSPS) is 17.3. The lowest BCUT2D eigenvalue weighted by Gasteiger charge is -2.30. The van der Waals surface area contributed by atoms with Crippen LogP contribution < -0.4 is 14.4 Å². The van der Waals surface area contributed by atoms with E-state index in [1.165, 1.54) is 31.1 Å². The zero-order chi connectivity index (χ0) is 31.1. The number of hydrogen-bond acceptors (Lipinski definition) is 7. The van der Waals surface area contributed by atoms with Crippen LogP contribution in [0.1, 0.15) is 59.5 Å². The summed E-state index contributed by atoms with van der Waals surface area (Å²) >= 11 is 0. The molecule has 1 saturated carbocycles. The Labute approximate surface area is 263 Å². The molecule has 236 valence electrons. The van der Waals surface area contributed by atoms with Gasteiger partial charge in [0.2, 0.25) is 0 Å². The van der Waals surface area contributed by atoms with E-state index in [1.54, 1.807) is 24.3 Å². The molecular formula is C35H38N2O7S. The van der Waals surface area contributed by atoms with Crippen LogP contribution in [-0.4, -0.2) is 63.2 Å². The first-order chi connectivity index (χ1) is 21.8. The van der Waals surface area contributed by atoms with Crippen molar-refractivity contribution < 1.29 is 32.5 Å². The first kappa shape index (κ1) is 29.7. The highest BCUT2D eigenvalue weighted by Crippen LogP contribution is 2.48. The third-order valence-electron chi connectivity index (χ3n) is 9.37. The minimum atomic E-state index is -3.39. The maximum atomic E-state index is 12.4. The average Bonchev–Trinajstić information content (AvgIpc) is 3.25. The molecule has 3 aromatic carbocycles. The molecule has 1 N–H and O–H groups in total. The Balaban J connectivity index is 1.26. The number of aromatic carboxylic acids is 1. The lowest BCUT2D eigenvalue weighted by atomic mass is 9.81. The van der Waals surface area contributed by atoms with E-state index in [-0.39, 0.29) is 17.1 Å². The third kappa shape index (κ3) is 5.77. The molecule has 0 radical (unpaired) electrons. The van der Waals surface area contributed by atoms with Crippen LogP contribution in [0.15, 0.2) is 59.5 Å². The van der Waals surface area contributed by atoms with Gasteiger partial charge in [-0.1, -0.05) is 25.3 Å². The van der Waals surface area contributed by atoms with E-state index in [0.717, 1.165) is 65.1 Å². The quantitative estimate of drug-likeness (QED) is 0.255. The predicted octanol–water partition coefficient (Wildman–Crippen LogP) is 6.27. The maximum absolute atomic E-state index is 12.4. The van der Waals surface area contributed by atoms with Gasteiger partial charge in [-0.3, -0.25) is 0 Å². The van der Waals surface area contributed by atoms with E-state index < -0.39 is 15.8 Å². The minimum Gasteiger partial charge on any atom is -0.491 e. The number of ether oxygens (including phenoxy) is 3. The molecule has 9 nitrogen and oxygen atoms in total. The summed E-state index contributed by atoms with van der Waals surface area (Å²) in [5, 5.41) is 10.9. The summed E-state index contributed by atoms with van der Waals surface area (Å²) in [7, 11) is -3.39. The monoisotopic (exact) mass is 630 g/mol. The molecule has 0 unspecified atom stereocenters. The summed E-state index contributed by atoms with van der Waals surface area (Å²) in [5.74, 6) is 0.819. The lowest BCUT2D eigenvalue weighted by Crippen LogP contribution is -2.36. The van der Waals surface area contributed by atoms with Crippen molar-refractivity contribution in [2.24, 2.45) is 0 Å². The Bertz CT molecular complexity index is 1870. The van der Waals surface area contributed by atoms with Crippen molar-refractivity contribution in [3.8, 4) is 22.8 Å². The summed E-state index contributed by atoms with van der Waals surface area (Å²) in [5.41, 5.74) is 6.32. The molecule has 2 fully saturated rings. The number of fused-ring (bicyclic) bond motifs is 5. The molecule has 4 aromatic rings. The van der Waals surface area contributed by atoms with Gasteiger partial charge in [0.1, 0.15) is 24.7 Å². The first-order valence-corrected chi connectivity index (χ1v) is 17.6. The number of carboxylic acid groups (broad SMARTS) is 1. The van der Waals surface area contributed by atoms with Gasteiger partial charge in [0.05, 0.1) is 35.9 Å². The zero-order valence-electron chi connectivity index (χ0n) is 25.5. The van der Waals surface area contributed by atoms with Gasteiger partial charge in [-0.05, 0) is 66.8 Å². The van der Waals surface area contributed by atoms with Crippen LogP contribution in [0.2, 0.25) is 0 Å². The molecule has 0 bridgehead atoms. The Morgan fingerprint density at radius 1 is 0.956 bits per heavy atom. The molecule has 10 heteroatoms. The van der Waals surface area contributed by atoms with Gasteiger partial charge in [-0.2, -0.15) is 0 Å². The largest absolute Gasteiger partial charge is 0.491 e. The number of morpholine rings is 1. The number of hydrogen-bond donors (Lipinski definition) is 1. The van der Waals surface area contributed by atoms with Crippen molar-refractivity contribution in [2.75, 3.05) is 44.1 Å². The molecule has 1 saturated heterocycles. The van der Waals surface area contributed by atoms with E-state index in [2.05, 4.69) is 9.47 Å². The van der Waals surface area contributed by atoms with Crippen molar-refractivity contribution in [3.05, 3.63) is 71.3 Å². The number of carbonyl (C=O) groups is 1. The molecule has 3 heterocycles. The highest BCUT2D eigenvalue weighted by atomic mass is 32.2. The Hall–Kier alpha value is -4.02. The summed E-state index contributed by atoms with van der Waals surface area (Å²) in [6, 6.07) is 16.6. The summed E-state index contributed by atoms with van der Waals surface area (Å²) in [6.45, 7) is 3.92. The fourth-order valence-corrected chi connectivity index (χ4v) is 7.84. The first-order valence-electron chi connectivity index (χ1n) is 15.7. The molecule has 7 rings (SSSR count). The Morgan fingerprint density at radius 3 is 2.51 bits per heavy atom. The van der Waals surface area contributed by atoms with E-state index in [9.17, 15) is 18.3 Å².